The third-order valence-electron chi connectivity index (χ3n) is 2.54. The monoisotopic (exact) mass is 274 g/mol. The molecule has 0 amide bonds. The topological polar surface area (TPSA) is 30.2 Å². The van der Waals surface area contributed by atoms with Gasteiger partial charge < -0.3 is 4.42 Å². The highest BCUT2D eigenvalue weighted by atomic mass is 32.2. The zero-order valence-corrected chi connectivity index (χ0v) is 11.1. The zero-order chi connectivity index (χ0) is 12.4. The van der Waals surface area contributed by atoms with Gasteiger partial charge in [0.05, 0.1) is 9.96 Å². The largest absolute Gasteiger partial charge is 0.453 e. The molecule has 18 heavy (non-hydrogen) atoms. The maximum atomic E-state index is 12.0. The number of carbonyl (C=O) groups excluding carboxylic acids is 1. The summed E-state index contributed by atoms with van der Waals surface area (Å²) in [5, 5.41) is 2.98. The smallest absolute Gasteiger partial charge is 0.208 e. The lowest BCUT2D eigenvalue weighted by atomic mass is 10.2. The van der Waals surface area contributed by atoms with E-state index in [1.807, 2.05) is 47.8 Å². The van der Waals surface area contributed by atoms with Crippen LogP contribution >= 0.6 is 23.1 Å². The van der Waals surface area contributed by atoms with Crippen LogP contribution in [0.5, 0.6) is 0 Å². The number of ketones is 1. The van der Waals surface area contributed by atoms with E-state index in [9.17, 15) is 4.79 Å². The summed E-state index contributed by atoms with van der Waals surface area (Å²) >= 11 is 3.19. The maximum Gasteiger partial charge on any atom is 0.208 e. The lowest BCUT2D eigenvalue weighted by Gasteiger charge is -1.95. The molecule has 0 bridgehead atoms. The van der Waals surface area contributed by atoms with Crippen molar-refractivity contribution in [2.45, 2.75) is 4.21 Å². The highest BCUT2D eigenvalue weighted by molar-refractivity contribution is 8.01. The van der Waals surface area contributed by atoms with Crippen LogP contribution in [0.2, 0.25) is 0 Å². The molecule has 3 aromatic rings. The molecule has 0 atom stereocenters. The minimum Gasteiger partial charge on any atom is -0.453 e. The van der Waals surface area contributed by atoms with Crippen molar-refractivity contribution in [3.8, 4) is 0 Å². The molecule has 0 fully saturated rings. The van der Waals surface area contributed by atoms with Crippen LogP contribution in [0.1, 0.15) is 10.6 Å². The van der Waals surface area contributed by atoms with Gasteiger partial charge in [-0.3, -0.25) is 4.79 Å². The summed E-state index contributed by atoms with van der Waals surface area (Å²) < 4.78 is 6.69. The fourth-order valence-electron chi connectivity index (χ4n) is 1.67. The fraction of sp³-hybridized carbons (Fsp3) is 0.0714. The molecule has 90 valence electrons. The quantitative estimate of drug-likeness (QED) is 0.519. The van der Waals surface area contributed by atoms with Crippen LogP contribution < -0.4 is 0 Å². The standard InChI is InChI=1S/C14H10O2S2/c15-11(9-18-14-6-3-7-17-14)13-8-10-4-1-2-5-12(10)16-13/h1-8H,9H2. The molecule has 0 aliphatic heterocycles. The van der Waals surface area contributed by atoms with E-state index in [4.69, 9.17) is 4.42 Å². The van der Waals surface area contributed by atoms with Crippen molar-refractivity contribution in [2.75, 3.05) is 5.75 Å². The average molecular weight is 274 g/mol. The Morgan fingerprint density at radius 2 is 2.11 bits per heavy atom. The van der Waals surface area contributed by atoms with E-state index in [1.165, 1.54) is 0 Å². The van der Waals surface area contributed by atoms with Crippen molar-refractivity contribution in [3.63, 3.8) is 0 Å². The first-order valence-electron chi connectivity index (χ1n) is 5.51. The number of hydrogen-bond acceptors (Lipinski definition) is 4. The highest BCUT2D eigenvalue weighted by Gasteiger charge is 2.12. The maximum absolute atomic E-state index is 12.0. The Morgan fingerprint density at radius 3 is 2.89 bits per heavy atom. The summed E-state index contributed by atoms with van der Waals surface area (Å²) in [7, 11) is 0. The van der Waals surface area contributed by atoms with Crippen molar-refractivity contribution in [2.24, 2.45) is 0 Å². The van der Waals surface area contributed by atoms with Crippen LogP contribution in [0.25, 0.3) is 11.0 Å². The Hall–Kier alpha value is -1.52. The Morgan fingerprint density at radius 1 is 1.22 bits per heavy atom. The molecule has 2 nitrogen and oxygen atoms in total. The van der Waals surface area contributed by atoms with Gasteiger partial charge in [0.1, 0.15) is 5.58 Å². The lowest BCUT2D eigenvalue weighted by molar-refractivity contribution is 0.0994. The molecule has 0 saturated carbocycles. The first kappa shape index (κ1) is 11.6. The van der Waals surface area contributed by atoms with Gasteiger partial charge in [-0.1, -0.05) is 24.3 Å². The van der Waals surface area contributed by atoms with Gasteiger partial charge in [0.15, 0.2) is 5.76 Å². The number of fused-ring (bicyclic) bond motifs is 1. The van der Waals surface area contributed by atoms with E-state index >= 15 is 0 Å². The van der Waals surface area contributed by atoms with Gasteiger partial charge in [-0.05, 0) is 23.6 Å². The van der Waals surface area contributed by atoms with Gasteiger partial charge in [-0.15, -0.1) is 23.1 Å². The van der Waals surface area contributed by atoms with Crippen LogP contribution in [0.15, 0.2) is 56.5 Å². The normalized spacial score (nSPS) is 10.9. The molecule has 2 heterocycles. The van der Waals surface area contributed by atoms with Crippen molar-refractivity contribution in [1.29, 1.82) is 0 Å². The van der Waals surface area contributed by atoms with E-state index in [2.05, 4.69) is 0 Å². The van der Waals surface area contributed by atoms with Gasteiger partial charge in [-0.25, -0.2) is 0 Å². The number of benzene rings is 1. The molecule has 0 N–H and O–H groups in total. The molecule has 0 radical (unpaired) electrons. The third-order valence-corrected chi connectivity index (χ3v) is 4.67. The Balaban J connectivity index is 1.75. The molecular weight excluding hydrogens is 264 g/mol. The predicted molar refractivity (Wildman–Crippen MR) is 75.6 cm³/mol. The summed E-state index contributed by atoms with van der Waals surface area (Å²) in [6, 6.07) is 13.5. The number of thioether (sulfide) groups is 1. The van der Waals surface area contributed by atoms with Gasteiger partial charge in [-0.2, -0.15) is 0 Å². The molecule has 0 spiro atoms. The molecule has 0 saturated heterocycles. The third kappa shape index (κ3) is 2.35. The number of furan rings is 1. The van der Waals surface area contributed by atoms with Gasteiger partial charge in [0.25, 0.3) is 0 Å². The molecule has 0 aliphatic rings. The second-order valence-electron chi connectivity index (χ2n) is 3.79. The number of hydrogen-bond donors (Lipinski definition) is 0. The summed E-state index contributed by atoms with van der Waals surface area (Å²) in [6.45, 7) is 0. The van der Waals surface area contributed by atoms with Crippen molar-refractivity contribution < 1.29 is 9.21 Å². The second-order valence-corrected chi connectivity index (χ2v) is 6.02. The van der Waals surface area contributed by atoms with Gasteiger partial charge >= 0.3 is 0 Å². The molecule has 4 heteroatoms. The number of carbonyl (C=O) groups is 1. The molecule has 2 aromatic heterocycles. The fourth-order valence-corrected chi connectivity index (χ4v) is 3.33. The Kier molecular flexibility index (Phi) is 3.21. The SMILES string of the molecule is O=C(CSc1cccs1)c1cc2ccccc2o1. The number of thiophene rings is 1. The molecule has 1 aromatic carbocycles. The molecule has 0 unspecified atom stereocenters. The van der Waals surface area contributed by atoms with Crippen LogP contribution in [0, 0.1) is 0 Å². The first-order valence-corrected chi connectivity index (χ1v) is 7.37. The van der Waals surface area contributed by atoms with Crippen LogP contribution in [0.3, 0.4) is 0 Å². The van der Waals surface area contributed by atoms with E-state index in [1.54, 1.807) is 23.1 Å². The number of rotatable bonds is 4. The summed E-state index contributed by atoms with van der Waals surface area (Å²) in [5.41, 5.74) is 0.766. The summed E-state index contributed by atoms with van der Waals surface area (Å²) in [4.78, 5) is 12.0. The zero-order valence-electron chi connectivity index (χ0n) is 9.46. The Labute approximate surface area is 113 Å². The van der Waals surface area contributed by atoms with E-state index in [0.717, 1.165) is 15.2 Å². The van der Waals surface area contributed by atoms with Crippen molar-refractivity contribution in [3.05, 3.63) is 53.6 Å². The molecular formula is C14H10O2S2. The van der Waals surface area contributed by atoms with Gasteiger partial charge in [0, 0.05) is 5.39 Å². The van der Waals surface area contributed by atoms with Crippen molar-refractivity contribution >= 4 is 39.9 Å². The van der Waals surface area contributed by atoms with Crippen LogP contribution in [-0.2, 0) is 0 Å². The molecule has 3 rings (SSSR count). The highest BCUT2D eigenvalue weighted by Crippen LogP contribution is 2.25. The van der Waals surface area contributed by atoms with Gasteiger partial charge in [0.2, 0.25) is 5.78 Å². The Bertz CT molecular complexity index is 635. The minimum atomic E-state index is 0.0320. The first-order chi connectivity index (χ1) is 8.83. The van der Waals surface area contributed by atoms with E-state index < -0.39 is 0 Å². The average Bonchev–Trinajstić information content (AvgIpc) is 3.04. The number of para-hydroxylation sites is 1. The van der Waals surface area contributed by atoms with Crippen LogP contribution in [0.4, 0.5) is 0 Å². The van der Waals surface area contributed by atoms with E-state index in [-0.39, 0.29) is 5.78 Å². The van der Waals surface area contributed by atoms with Crippen molar-refractivity contribution in [1.82, 2.24) is 0 Å². The molecule has 0 aliphatic carbocycles. The minimum absolute atomic E-state index is 0.0320. The predicted octanol–water partition coefficient (Wildman–Crippen LogP) is 4.47. The van der Waals surface area contributed by atoms with Crippen LogP contribution in [-0.4, -0.2) is 11.5 Å². The van der Waals surface area contributed by atoms with E-state index in [0.29, 0.717) is 11.5 Å². The lowest BCUT2D eigenvalue weighted by Crippen LogP contribution is -1.99. The second kappa shape index (κ2) is 5.00. The summed E-state index contributed by atoms with van der Waals surface area (Å²) in [5.74, 6) is 0.894. The number of Topliss-reactive ketones (excluding diaryl/α,β-unsaturated/α-hetero) is 1. The summed E-state index contributed by atoms with van der Waals surface area (Å²) in [6.07, 6.45) is 0.